The highest BCUT2D eigenvalue weighted by Crippen LogP contribution is 2.39. The Balaban J connectivity index is 1.76. The van der Waals surface area contributed by atoms with Gasteiger partial charge in [-0.2, -0.15) is 4.37 Å². The Morgan fingerprint density at radius 2 is 2.11 bits per heavy atom. The molecular formula is C13H15BrN4S. The van der Waals surface area contributed by atoms with Crippen molar-refractivity contribution < 1.29 is 0 Å². The van der Waals surface area contributed by atoms with Crippen molar-refractivity contribution in [3.8, 4) is 0 Å². The van der Waals surface area contributed by atoms with E-state index < -0.39 is 0 Å². The topological polar surface area (TPSA) is 50.7 Å². The van der Waals surface area contributed by atoms with Gasteiger partial charge in [-0.1, -0.05) is 0 Å². The zero-order chi connectivity index (χ0) is 13.3. The fraction of sp³-hybridized carbons (Fsp3) is 0.462. The van der Waals surface area contributed by atoms with Crippen molar-refractivity contribution in [1.29, 1.82) is 0 Å². The smallest absolute Gasteiger partial charge is 0.148 e. The van der Waals surface area contributed by atoms with Gasteiger partial charge >= 0.3 is 0 Å². The van der Waals surface area contributed by atoms with E-state index in [0.717, 1.165) is 35.4 Å². The summed E-state index contributed by atoms with van der Waals surface area (Å²) in [6.07, 6.45) is 7.08. The Hall–Kier alpha value is -0.850. The summed E-state index contributed by atoms with van der Waals surface area (Å²) in [5, 5.41) is 5.75. The average Bonchev–Trinajstić information content (AvgIpc) is 2.76. The average molecular weight is 339 g/mol. The van der Waals surface area contributed by atoms with Crippen LogP contribution >= 0.6 is 27.5 Å². The van der Waals surface area contributed by atoms with E-state index in [9.17, 15) is 0 Å². The van der Waals surface area contributed by atoms with Crippen molar-refractivity contribution in [2.24, 2.45) is 0 Å². The van der Waals surface area contributed by atoms with Crippen LogP contribution in [0.15, 0.2) is 22.2 Å². The highest BCUT2D eigenvalue weighted by atomic mass is 79.9. The number of halogens is 1. The van der Waals surface area contributed by atoms with Gasteiger partial charge in [-0.05, 0) is 59.2 Å². The lowest BCUT2D eigenvalue weighted by Gasteiger charge is -2.41. The van der Waals surface area contributed by atoms with Crippen molar-refractivity contribution in [3.05, 3.63) is 39.3 Å². The predicted octanol–water partition coefficient (Wildman–Crippen LogP) is 3.17. The first-order chi connectivity index (χ1) is 9.20. The van der Waals surface area contributed by atoms with Crippen molar-refractivity contribution in [3.63, 3.8) is 0 Å². The molecule has 0 bridgehead atoms. The van der Waals surface area contributed by atoms with Crippen LogP contribution in [0.5, 0.6) is 0 Å². The van der Waals surface area contributed by atoms with Crippen LogP contribution in [0.2, 0.25) is 0 Å². The molecule has 0 saturated heterocycles. The maximum absolute atomic E-state index is 4.46. The second-order valence-corrected chi connectivity index (χ2v) is 6.48. The van der Waals surface area contributed by atoms with Crippen molar-refractivity contribution in [2.75, 3.05) is 0 Å². The number of nitrogens with one attached hydrogen (secondary N) is 1. The van der Waals surface area contributed by atoms with Gasteiger partial charge in [0.2, 0.25) is 0 Å². The third-order valence-electron chi connectivity index (χ3n) is 3.72. The van der Waals surface area contributed by atoms with Gasteiger partial charge in [-0.25, -0.2) is 9.97 Å². The van der Waals surface area contributed by atoms with E-state index in [-0.39, 0.29) is 5.54 Å². The summed E-state index contributed by atoms with van der Waals surface area (Å²) in [7, 11) is 0. The summed E-state index contributed by atoms with van der Waals surface area (Å²) in [6.45, 7) is 2.89. The molecule has 19 heavy (non-hydrogen) atoms. The molecule has 0 amide bonds. The van der Waals surface area contributed by atoms with E-state index >= 15 is 0 Å². The molecule has 1 saturated carbocycles. The van der Waals surface area contributed by atoms with Crippen LogP contribution in [-0.4, -0.2) is 14.3 Å². The molecular weight excluding hydrogens is 324 g/mol. The number of aryl methyl sites for hydroxylation is 1. The molecule has 0 spiro atoms. The fourth-order valence-electron chi connectivity index (χ4n) is 2.32. The number of hydrogen-bond donors (Lipinski definition) is 1. The summed E-state index contributed by atoms with van der Waals surface area (Å²) in [5.41, 5.74) is 2.34. The Morgan fingerprint density at radius 3 is 2.63 bits per heavy atom. The molecule has 2 aromatic heterocycles. The summed E-state index contributed by atoms with van der Waals surface area (Å²) >= 11 is 4.89. The Labute approximate surface area is 125 Å². The van der Waals surface area contributed by atoms with Gasteiger partial charge in [0.1, 0.15) is 5.82 Å². The van der Waals surface area contributed by atoms with Crippen molar-refractivity contribution >= 4 is 27.5 Å². The molecule has 6 heteroatoms. The number of rotatable bonds is 4. The molecule has 2 heterocycles. The van der Waals surface area contributed by atoms with Crippen LogP contribution in [0, 0.1) is 6.92 Å². The fourth-order valence-corrected chi connectivity index (χ4v) is 3.23. The minimum atomic E-state index is -0.0466. The molecule has 0 unspecified atom stereocenters. The summed E-state index contributed by atoms with van der Waals surface area (Å²) in [4.78, 5) is 8.92. The molecule has 0 aromatic carbocycles. The Morgan fingerprint density at radius 1 is 1.37 bits per heavy atom. The van der Waals surface area contributed by atoms with Crippen LogP contribution in [0.25, 0.3) is 0 Å². The molecule has 0 radical (unpaired) electrons. The van der Waals surface area contributed by atoms with Gasteiger partial charge in [-0.3, -0.25) is 0 Å². The lowest BCUT2D eigenvalue weighted by atomic mass is 9.76. The first-order valence-corrected chi connectivity index (χ1v) is 7.95. The Kier molecular flexibility index (Phi) is 3.64. The summed E-state index contributed by atoms with van der Waals surface area (Å²) in [6, 6.07) is 0. The van der Waals surface area contributed by atoms with Gasteiger partial charge in [0, 0.05) is 24.3 Å². The van der Waals surface area contributed by atoms with Gasteiger partial charge in [0.25, 0.3) is 0 Å². The third-order valence-corrected chi connectivity index (χ3v) is 4.90. The molecule has 4 nitrogen and oxygen atoms in total. The summed E-state index contributed by atoms with van der Waals surface area (Å²) < 4.78 is 5.23. The lowest BCUT2D eigenvalue weighted by Crippen LogP contribution is -2.48. The monoisotopic (exact) mass is 338 g/mol. The molecule has 3 rings (SSSR count). The molecule has 0 aliphatic heterocycles. The van der Waals surface area contributed by atoms with Gasteiger partial charge in [-0.15, -0.1) is 0 Å². The molecule has 0 atom stereocenters. The van der Waals surface area contributed by atoms with Crippen LogP contribution in [-0.2, 0) is 12.1 Å². The van der Waals surface area contributed by atoms with Crippen LogP contribution < -0.4 is 5.32 Å². The second-order valence-electron chi connectivity index (χ2n) is 4.94. The van der Waals surface area contributed by atoms with E-state index in [0.29, 0.717) is 0 Å². The highest BCUT2D eigenvalue weighted by molar-refractivity contribution is 9.10. The first kappa shape index (κ1) is 13.1. The maximum Gasteiger partial charge on any atom is 0.148 e. The van der Waals surface area contributed by atoms with Gasteiger partial charge < -0.3 is 5.32 Å². The molecule has 1 fully saturated rings. The minimum Gasteiger partial charge on any atom is -0.301 e. The van der Waals surface area contributed by atoms with Crippen molar-refractivity contribution in [2.45, 2.75) is 38.3 Å². The SMILES string of the molecule is Cc1nscc1CNC1(c2ncc(Br)cn2)CCC1. The van der Waals surface area contributed by atoms with E-state index in [2.05, 4.69) is 47.9 Å². The Bertz CT molecular complexity index is 562. The van der Waals surface area contributed by atoms with E-state index in [1.54, 1.807) is 0 Å². The molecule has 1 aliphatic carbocycles. The maximum atomic E-state index is 4.46. The normalized spacial score (nSPS) is 17.2. The predicted molar refractivity (Wildman–Crippen MR) is 79.0 cm³/mol. The largest absolute Gasteiger partial charge is 0.301 e. The van der Waals surface area contributed by atoms with Gasteiger partial charge in [0.15, 0.2) is 0 Å². The van der Waals surface area contributed by atoms with Crippen LogP contribution in [0.1, 0.15) is 36.3 Å². The zero-order valence-electron chi connectivity index (χ0n) is 10.7. The van der Waals surface area contributed by atoms with Crippen molar-refractivity contribution in [1.82, 2.24) is 19.7 Å². The minimum absolute atomic E-state index is 0.0466. The van der Waals surface area contributed by atoms with Crippen LogP contribution in [0.3, 0.4) is 0 Å². The second kappa shape index (κ2) is 5.26. The third kappa shape index (κ3) is 2.57. The molecule has 1 aliphatic rings. The van der Waals surface area contributed by atoms with E-state index in [4.69, 9.17) is 0 Å². The van der Waals surface area contributed by atoms with E-state index in [1.165, 1.54) is 23.5 Å². The standard InChI is InChI=1S/C13H15BrN4S/c1-9-10(8-19-18-9)5-17-13(3-2-4-13)12-15-6-11(14)7-16-12/h6-8,17H,2-5H2,1H3. The quantitative estimate of drug-likeness (QED) is 0.930. The van der Waals surface area contributed by atoms with Gasteiger partial charge in [0.05, 0.1) is 15.7 Å². The molecule has 1 N–H and O–H groups in total. The zero-order valence-corrected chi connectivity index (χ0v) is 13.1. The molecule has 2 aromatic rings. The highest BCUT2D eigenvalue weighted by Gasteiger charge is 2.40. The van der Waals surface area contributed by atoms with Crippen LogP contribution in [0.4, 0.5) is 0 Å². The van der Waals surface area contributed by atoms with E-state index in [1.807, 2.05) is 12.4 Å². The number of nitrogens with zero attached hydrogens (tertiary/aromatic N) is 3. The molecule has 100 valence electrons. The lowest BCUT2D eigenvalue weighted by molar-refractivity contribution is 0.170. The number of aromatic nitrogens is 3. The number of hydrogen-bond acceptors (Lipinski definition) is 5. The summed E-state index contributed by atoms with van der Waals surface area (Å²) in [5.74, 6) is 0.905. The first-order valence-electron chi connectivity index (χ1n) is 6.32.